The van der Waals surface area contributed by atoms with Gasteiger partial charge in [-0.05, 0) is 54.9 Å². The Balaban J connectivity index is 1.46. The lowest BCUT2D eigenvalue weighted by atomic mass is 9.96. The summed E-state index contributed by atoms with van der Waals surface area (Å²) in [5.74, 6) is 0.857. The van der Waals surface area contributed by atoms with Crippen LogP contribution in [0.5, 0.6) is 5.75 Å². The van der Waals surface area contributed by atoms with Crippen LogP contribution in [0.25, 0.3) is 0 Å². The first-order chi connectivity index (χ1) is 11.8. The number of hydrogen-bond acceptors (Lipinski definition) is 2. The van der Waals surface area contributed by atoms with E-state index in [0.29, 0.717) is 17.8 Å². The van der Waals surface area contributed by atoms with Gasteiger partial charge in [0.25, 0.3) is 0 Å². The van der Waals surface area contributed by atoms with E-state index < -0.39 is 0 Å². The standard InChI is InChI=1S/C20H24N2OS/c24-20(21-17-9-5-2-6-10-17)22-18-11-13-19(14-12-18)23-15-16-7-3-1-4-8-16/h1,3-4,7-8,11-14,17H,2,5-6,9-10,15H2,(H2,21,22,24). The van der Waals surface area contributed by atoms with Gasteiger partial charge in [-0.2, -0.15) is 0 Å². The number of thiocarbonyl (C=S) groups is 1. The number of rotatable bonds is 5. The Hall–Kier alpha value is -2.07. The van der Waals surface area contributed by atoms with Gasteiger partial charge in [0.05, 0.1) is 0 Å². The Kier molecular flexibility index (Phi) is 6.07. The maximum absolute atomic E-state index is 5.80. The SMILES string of the molecule is S=C(Nc1ccc(OCc2ccccc2)cc1)NC1CCCCC1. The van der Waals surface area contributed by atoms with Crippen LogP contribution in [0, 0.1) is 0 Å². The highest BCUT2D eigenvalue weighted by Gasteiger charge is 2.13. The molecule has 1 fully saturated rings. The molecule has 3 rings (SSSR count). The molecule has 0 atom stereocenters. The highest BCUT2D eigenvalue weighted by Crippen LogP contribution is 2.19. The van der Waals surface area contributed by atoms with E-state index in [0.717, 1.165) is 17.0 Å². The van der Waals surface area contributed by atoms with Gasteiger partial charge >= 0.3 is 0 Å². The van der Waals surface area contributed by atoms with E-state index in [1.807, 2.05) is 42.5 Å². The molecule has 1 aliphatic carbocycles. The average Bonchev–Trinajstić information content (AvgIpc) is 2.63. The van der Waals surface area contributed by atoms with Crippen LogP contribution in [0.2, 0.25) is 0 Å². The summed E-state index contributed by atoms with van der Waals surface area (Å²) < 4.78 is 5.80. The van der Waals surface area contributed by atoms with Crippen LogP contribution in [0.15, 0.2) is 54.6 Å². The van der Waals surface area contributed by atoms with Gasteiger partial charge in [0.2, 0.25) is 0 Å². The number of nitrogens with one attached hydrogen (secondary N) is 2. The van der Waals surface area contributed by atoms with E-state index in [1.165, 1.54) is 32.1 Å². The summed E-state index contributed by atoms with van der Waals surface area (Å²) >= 11 is 5.41. The molecular formula is C20H24N2OS. The third-order valence-corrected chi connectivity index (χ3v) is 4.52. The number of ether oxygens (including phenoxy) is 1. The molecule has 24 heavy (non-hydrogen) atoms. The summed E-state index contributed by atoms with van der Waals surface area (Å²) in [6, 6.07) is 18.6. The van der Waals surface area contributed by atoms with Crippen LogP contribution in [-0.4, -0.2) is 11.2 Å². The van der Waals surface area contributed by atoms with Gasteiger partial charge in [0.15, 0.2) is 5.11 Å². The minimum absolute atomic E-state index is 0.521. The molecule has 1 aliphatic rings. The highest BCUT2D eigenvalue weighted by molar-refractivity contribution is 7.80. The Morgan fingerprint density at radius 1 is 0.958 bits per heavy atom. The molecule has 126 valence electrons. The quantitative estimate of drug-likeness (QED) is 0.760. The van der Waals surface area contributed by atoms with Crippen LogP contribution in [-0.2, 0) is 6.61 Å². The smallest absolute Gasteiger partial charge is 0.170 e. The fourth-order valence-electron chi connectivity index (χ4n) is 2.97. The fourth-order valence-corrected chi connectivity index (χ4v) is 3.26. The van der Waals surface area contributed by atoms with Crippen molar-refractivity contribution in [3.05, 3.63) is 60.2 Å². The molecule has 0 heterocycles. The molecular weight excluding hydrogens is 316 g/mol. The molecule has 3 nitrogen and oxygen atoms in total. The third kappa shape index (κ3) is 5.24. The summed E-state index contributed by atoms with van der Waals surface area (Å²) in [4.78, 5) is 0. The maximum atomic E-state index is 5.80. The van der Waals surface area contributed by atoms with Gasteiger partial charge in [-0.1, -0.05) is 49.6 Å². The van der Waals surface area contributed by atoms with Gasteiger partial charge in [-0.3, -0.25) is 0 Å². The second-order valence-electron chi connectivity index (χ2n) is 6.23. The molecule has 4 heteroatoms. The lowest BCUT2D eigenvalue weighted by Gasteiger charge is -2.24. The summed E-state index contributed by atoms with van der Waals surface area (Å²) in [7, 11) is 0. The second-order valence-corrected chi connectivity index (χ2v) is 6.64. The van der Waals surface area contributed by atoms with Crippen LogP contribution in [0.4, 0.5) is 5.69 Å². The fraction of sp³-hybridized carbons (Fsp3) is 0.350. The monoisotopic (exact) mass is 340 g/mol. The van der Waals surface area contributed by atoms with E-state index >= 15 is 0 Å². The first kappa shape index (κ1) is 16.8. The zero-order valence-electron chi connectivity index (χ0n) is 13.8. The summed E-state index contributed by atoms with van der Waals surface area (Å²) in [6.07, 6.45) is 6.38. The number of benzene rings is 2. The highest BCUT2D eigenvalue weighted by atomic mass is 32.1. The van der Waals surface area contributed by atoms with Crippen molar-refractivity contribution < 1.29 is 4.74 Å². The van der Waals surface area contributed by atoms with Crippen molar-refractivity contribution in [2.75, 3.05) is 5.32 Å². The first-order valence-electron chi connectivity index (χ1n) is 8.64. The second kappa shape index (κ2) is 8.69. The molecule has 2 aromatic rings. The van der Waals surface area contributed by atoms with Crippen molar-refractivity contribution in [1.82, 2.24) is 5.32 Å². The largest absolute Gasteiger partial charge is 0.489 e. The van der Waals surface area contributed by atoms with Crippen LogP contribution in [0.1, 0.15) is 37.7 Å². The summed E-state index contributed by atoms with van der Waals surface area (Å²) in [6.45, 7) is 0.579. The maximum Gasteiger partial charge on any atom is 0.170 e. The van der Waals surface area contributed by atoms with Gasteiger partial charge in [0, 0.05) is 11.7 Å². The molecule has 0 bridgehead atoms. The van der Waals surface area contributed by atoms with E-state index in [2.05, 4.69) is 22.8 Å². The predicted molar refractivity (Wildman–Crippen MR) is 103 cm³/mol. The van der Waals surface area contributed by atoms with Crippen molar-refractivity contribution in [1.29, 1.82) is 0 Å². The predicted octanol–water partition coefficient (Wildman–Crippen LogP) is 4.88. The normalized spacial score (nSPS) is 14.8. The van der Waals surface area contributed by atoms with Gasteiger partial charge in [0.1, 0.15) is 12.4 Å². The van der Waals surface area contributed by atoms with Crippen molar-refractivity contribution in [3.8, 4) is 5.75 Å². The lowest BCUT2D eigenvalue weighted by molar-refractivity contribution is 0.306. The molecule has 0 aromatic heterocycles. The van der Waals surface area contributed by atoms with Crippen molar-refractivity contribution in [3.63, 3.8) is 0 Å². The zero-order valence-corrected chi connectivity index (χ0v) is 14.6. The minimum Gasteiger partial charge on any atom is -0.489 e. The molecule has 0 unspecified atom stereocenters. The van der Waals surface area contributed by atoms with Crippen LogP contribution in [0.3, 0.4) is 0 Å². The molecule has 0 saturated heterocycles. The molecule has 2 N–H and O–H groups in total. The van der Waals surface area contributed by atoms with Crippen LogP contribution >= 0.6 is 12.2 Å². The zero-order chi connectivity index (χ0) is 16.6. The van der Waals surface area contributed by atoms with E-state index in [1.54, 1.807) is 0 Å². The van der Waals surface area contributed by atoms with Gasteiger partial charge in [-0.25, -0.2) is 0 Å². The first-order valence-corrected chi connectivity index (χ1v) is 9.05. The van der Waals surface area contributed by atoms with E-state index in [-0.39, 0.29) is 0 Å². The summed E-state index contributed by atoms with van der Waals surface area (Å²) in [5.41, 5.74) is 2.15. The van der Waals surface area contributed by atoms with Gasteiger partial charge in [-0.15, -0.1) is 0 Å². The van der Waals surface area contributed by atoms with Gasteiger partial charge < -0.3 is 15.4 Å². The molecule has 0 radical (unpaired) electrons. The van der Waals surface area contributed by atoms with Crippen LogP contribution < -0.4 is 15.4 Å². The Morgan fingerprint density at radius 2 is 1.67 bits per heavy atom. The lowest BCUT2D eigenvalue weighted by Crippen LogP contribution is -2.38. The Bertz CT molecular complexity index is 636. The number of hydrogen-bond donors (Lipinski definition) is 2. The topological polar surface area (TPSA) is 33.3 Å². The number of anilines is 1. The Labute approximate surface area is 149 Å². The molecule has 0 spiro atoms. The minimum atomic E-state index is 0.521. The molecule has 2 aromatic carbocycles. The molecule has 1 saturated carbocycles. The van der Waals surface area contributed by atoms with E-state index in [4.69, 9.17) is 17.0 Å². The van der Waals surface area contributed by atoms with Crippen molar-refractivity contribution in [2.45, 2.75) is 44.8 Å². The third-order valence-electron chi connectivity index (χ3n) is 4.30. The molecule has 0 aliphatic heterocycles. The Morgan fingerprint density at radius 3 is 2.38 bits per heavy atom. The summed E-state index contributed by atoms with van der Waals surface area (Å²) in [5, 5.41) is 7.38. The van der Waals surface area contributed by atoms with E-state index in [9.17, 15) is 0 Å². The molecule has 0 amide bonds. The van der Waals surface area contributed by atoms with Crippen molar-refractivity contribution in [2.24, 2.45) is 0 Å². The average molecular weight is 340 g/mol. The van der Waals surface area contributed by atoms with Crippen molar-refractivity contribution >= 4 is 23.0 Å².